The number of hydrogen-bond acceptors (Lipinski definition) is 4. The first-order chi connectivity index (χ1) is 13.8. The molecule has 3 aromatic rings. The SMILES string of the molecule is CCOC(=O)C(C)c1ccc(-c2cc(C(=O)N(C)C)c(O)c3ccccc23)cc1. The van der Waals surface area contributed by atoms with Crippen molar-refractivity contribution < 1.29 is 19.4 Å². The minimum absolute atomic E-state index is 0.0180. The molecule has 3 aromatic carbocycles. The Kier molecular flexibility index (Phi) is 5.87. The fourth-order valence-electron chi connectivity index (χ4n) is 3.36. The molecule has 0 saturated heterocycles. The second-order valence-electron chi connectivity index (χ2n) is 7.16. The smallest absolute Gasteiger partial charge is 0.313 e. The van der Waals surface area contributed by atoms with Crippen molar-refractivity contribution in [2.24, 2.45) is 0 Å². The minimum atomic E-state index is -0.355. The van der Waals surface area contributed by atoms with Crippen molar-refractivity contribution in [2.45, 2.75) is 19.8 Å². The maximum Gasteiger partial charge on any atom is 0.313 e. The molecule has 0 bridgehead atoms. The Hall–Kier alpha value is -3.34. The number of phenols is 1. The molecule has 0 aliphatic heterocycles. The van der Waals surface area contributed by atoms with Gasteiger partial charge in [-0.1, -0.05) is 48.5 Å². The van der Waals surface area contributed by atoms with Crippen LogP contribution < -0.4 is 0 Å². The number of benzene rings is 3. The molecular formula is C24H25NO4. The Morgan fingerprint density at radius 1 is 1.03 bits per heavy atom. The van der Waals surface area contributed by atoms with Crippen molar-refractivity contribution in [1.29, 1.82) is 0 Å². The number of phenolic OH excluding ortho intramolecular Hbond substituents is 1. The van der Waals surface area contributed by atoms with Gasteiger partial charge in [0.05, 0.1) is 18.1 Å². The highest BCUT2D eigenvalue weighted by Crippen LogP contribution is 2.37. The molecule has 5 nitrogen and oxygen atoms in total. The number of carbonyl (C=O) groups excluding carboxylic acids is 2. The molecule has 5 heteroatoms. The van der Waals surface area contributed by atoms with E-state index >= 15 is 0 Å². The van der Waals surface area contributed by atoms with Crippen LogP contribution in [0.2, 0.25) is 0 Å². The van der Waals surface area contributed by atoms with Crippen LogP contribution in [0.1, 0.15) is 35.7 Å². The molecule has 29 heavy (non-hydrogen) atoms. The van der Waals surface area contributed by atoms with Gasteiger partial charge in [-0.25, -0.2) is 0 Å². The average Bonchev–Trinajstić information content (AvgIpc) is 2.73. The highest BCUT2D eigenvalue weighted by atomic mass is 16.5. The van der Waals surface area contributed by atoms with E-state index in [2.05, 4.69) is 0 Å². The zero-order chi connectivity index (χ0) is 21.1. The lowest BCUT2D eigenvalue weighted by Crippen LogP contribution is -2.21. The van der Waals surface area contributed by atoms with Gasteiger partial charge in [-0.15, -0.1) is 0 Å². The van der Waals surface area contributed by atoms with Crippen LogP contribution in [0, 0.1) is 0 Å². The van der Waals surface area contributed by atoms with Crippen LogP contribution in [0.5, 0.6) is 5.75 Å². The number of esters is 1. The third kappa shape index (κ3) is 3.94. The van der Waals surface area contributed by atoms with Crippen LogP contribution in [0.25, 0.3) is 21.9 Å². The van der Waals surface area contributed by atoms with Gasteiger partial charge in [0.15, 0.2) is 0 Å². The molecule has 0 saturated carbocycles. The first-order valence-electron chi connectivity index (χ1n) is 9.58. The average molecular weight is 391 g/mol. The van der Waals surface area contributed by atoms with E-state index in [1.807, 2.05) is 49.4 Å². The Morgan fingerprint density at radius 3 is 2.24 bits per heavy atom. The van der Waals surface area contributed by atoms with Crippen molar-refractivity contribution in [3.05, 3.63) is 65.7 Å². The van der Waals surface area contributed by atoms with Crippen molar-refractivity contribution in [2.75, 3.05) is 20.7 Å². The summed E-state index contributed by atoms with van der Waals surface area (Å²) in [7, 11) is 3.31. The topological polar surface area (TPSA) is 66.8 Å². The predicted octanol–water partition coefficient (Wildman–Crippen LogP) is 4.58. The lowest BCUT2D eigenvalue weighted by molar-refractivity contribution is -0.144. The van der Waals surface area contributed by atoms with Crippen molar-refractivity contribution in [1.82, 2.24) is 4.90 Å². The number of aromatic hydroxyl groups is 1. The van der Waals surface area contributed by atoms with Crippen molar-refractivity contribution >= 4 is 22.6 Å². The van der Waals surface area contributed by atoms with E-state index in [0.717, 1.165) is 22.1 Å². The summed E-state index contributed by atoms with van der Waals surface area (Å²) in [4.78, 5) is 26.0. The molecule has 3 rings (SSSR count). The van der Waals surface area contributed by atoms with Gasteiger partial charge in [-0.3, -0.25) is 9.59 Å². The number of nitrogens with zero attached hydrogens (tertiary/aromatic N) is 1. The quantitative estimate of drug-likeness (QED) is 0.647. The molecule has 0 spiro atoms. The minimum Gasteiger partial charge on any atom is -0.506 e. The lowest BCUT2D eigenvalue weighted by Gasteiger charge is -2.17. The Bertz CT molecular complexity index is 1050. The second-order valence-corrected chi connectivity index (χ2v) is 7.16. The summed E-state index contributed by atoms with van der Waals surface area (Å²) >= 11 is 0. The van der Waals surface area contributed by atoms with E-state index in [4.69, 9.17) is 4.74 Å². The van der Waals surface area contributed by atoms with E-state index < -0.39 is 0 Å². The number of ether oxygens (including phenoxy) is 1. The van der Waals surface area contributed by atoms with Crippen LogP contribution in [0.3, 0.4) is 0 Å². The molecule has 1 unspecified atom stereocenters. The molecule has 1 amide bonds. The third-order valence-electron chi connectivity index (χ3n) is 5.01. The summed E-state index contributed by atoms with van der Waals surface area (Å²) in [5, 5.41) is 12.1. The number of hydrogen-bond donors (Lipinski definition) is 1. The van der Waals surface area contributed by atoms with Crippen LogP contribution in [-0.2, 0) is 9.53 Å². The summed E-state index contributed by atoms with van der Waals surface area (Å²) in [6.45, 7) is 3.95. The Balaban J connectivity index is 2.11. The lowest BCUT2D eigenvalue weighted by atomic mass is 9.92. The summed E-state index contributed by atoms with van der Waals surface area (Å²) < 4.78 is 5.10. The van der Waals surface area contributed by atoms with E-state index in [-0.39, 0.29) is 29.1 Å². The largest absolute Gasteiger partial charge is 0.506 e. The van der Waals surface area contributed by atoms with Crippen LogP contribution in [0.4, 0.5) is 0 Å². The molecule has 0 aromatic heterocycles. The Labute approximate surface area is 170 Å². The van der Waals surface area contributed by atoms with Gasteiger partial charge in [0.1, 0.15) is 5.75 Å². The molecule has 0 aliphatic rings. The summed E-state index contributed by atoms with van der Waals surface area (Å²) in [6, 6.07) is 16.8. The van der Waals surface area contributed by atoms with Crippen LogP contribution >= 0.6 is 0 Å². The van der Waals surface area contributed by atoms with Gasteiger partial charge in [0.25, 0.3) is 5.91 Å². The van der Waals surface area contributed by atoms with Crippen molar-refractivity contribution in [3.63, 3.8) is 0 Å². The monoisotopic (exact) mass is 391 g/mol. The molecule has 0 radical (unpaired) electrons. The first kappa shape index (κ1) is 20.4. The maximum atomic E-state index is 12.6. The zero-order valence-corrected chi connectivity index (χ0v) is 17.1. The van der Waals surface area contributed by atoms with Crippen molar-refractivity contribution in [3.8, 4) is 16.9 Å². The maximum absolute atomic E-state index is 12.6. The number of fused-ring (bicyclic) bond motifs is 1. The highest BCUT2D eigenvalue weighted by molar-refractivity contribution is 6.09. The fourth-order valence-corrected chi connectivity index (χ4v) is 3.36. The van der Waals surface area contributed by atoms with Gasteiger partial charge in [0, 0.05) is 19.5 Å². The van der Waals surface area contributed by atoms with Gasteiger partial charge in [-0.2, -0.15) is 0 Å². The van der Waals surface area contributed by atoms with Gasteiger partial charge in [0.2, 0.25) is 0 Å². The molecule has 1 N–H and O–H groups in total. The summed E-state index contributed by atoms with van der Waals surface area (Å²) in [5.74, 6) is -0.890. The van der Waals surface area contributed by atoms with E-state index in [1.165, 1.54) is 4.90 Å². The Morgan fingerprint density at radius 2 is 1.66 bits per heavy atom. The third-order valence-corrected chi connectivity index (χ3v) is 5.01. The number of carbonyl (C=O) groups is 2. The summed E-state index contributed by atoms with van der Waals surface area (Å²) in [6.07, 6.45) is 0. The second kappa shape index (κ2) is 8.35. The fraction of sp³-hybridized carbons (Fsp3) is 0.250. The van der Waals surface area contributed by atoms with E-state index in [0.29, 0.717) is 12.0 Å². The van der Waals surface area contributed by atoms with E-state index in [9.17, 15) is 14.7 Å². The van der Waals surface area contributed by atoms with Gasteiger partial charge >= 0.3 is 5.97 Å². The number of amides is 1. The van der Waals surface area contributed by atoms with Crippen LogP contribution in [0.15, 0.2) is 54.6 Å². The number of rotatable bonds is 5. The van der Waals surface area contributed by atoms with E-state index in [1.54, 1.807) is 33.2 Å². The standard InChI is InChI=1S/C24H25NO4/c1-5-29-24(28)15(2)16-10-12-17(13-11-16)20-14-21(23(27)25(3)4)22(26)19-9-7-6-8-18(19)20/h6-15,26H,5H2,1-4H3. The van der Waals surface area contributed by atoms with Gasteiger partial charge in [-0.05, 0) is 42.0 Å². The predicted molar refractivity (Wildman–Crippen MR) is 114 cm³/mol. The molecule has 0 heterocycles. The normalized spacial score (nSPS) is 11.9. The van der Waals surface area contributed by atoms with Gasteiger partial charge < -0.3 is 14.7 Å². The molecule has 0 aliphatic carbocycles. The molecule has 1 atom stereocenters. The first-order valence-corrected chi connectivity index (χ1v) is 9.58. The molecule has 0 fully saturated rings. The zero-order valence-electron chi connectivity index (χ0n) is 17.1. The van der Waals surface area contributed by atoms with Crippen LogP contribution in [-0.4, -0.2) is 42.6 Å². The summed E-state index contributed by atoms with van der Waals surface area (Å²) in [5.41, 5.74) is 2.86. The molecular weight excluding hydrogens is 366 g/mol. The molecule has 150 valence electrons. The highest BCUT2D eigenvalue weighted by Gasteiger charge is 2.20.